The molecule has 0 fully saturated rings. The van der Waals surface area contributed by atoms with Crippen LogP contribution in [-0.2, 0) is 13.2 Å². The van der Waals surface area contributed by atoms with Crippen molar-refractivity contribution in [2.75, 3.05) is 0 Å². The Morgan fingerprint density at radius 1 is 1.21 bits per heavy atom. The summed E-state index contributed by atoms with van der Waals surface area (Å²) in [6.45, 7) is 2.37. The maximum atomic E-state index is 9.38. The number of aliphatic hydroxyl groups excluding tert-OH is 1. The van der Waals surface area contributed by atoms with Gasteiger partial charge in [-0.1, -0.05) is 39.7 Å². The van der Waals surface area contributed by atoms with Crippen molar-refractivity contribution in [3.05, 3.63) is 62.6 Å². The minimum Gasteiger partial charge on any atom is -0.488 e. The lowest BCUT2D eigenvalue weighted by Crippen LogP contribution is -2.01. The zero-order chi connectivity index (χ0) is 13.8. The largest absolute Gasteiger partial charge is 0.488 e. The summed E-state index contributed by atoms with van der Waals surface area (Å²) in [5.74, 6) is 0.737. The summed E-state index contributed by atoms with van der Waals surface area (Å²) in [5, 5.41) is 10.1. The Morgan fingerprint density at radius 2 is 1.89 bits per heavy atom. The normalized spacial score (nSPS) is 10.5. The van der Waals surface area contributed by atoms with Gasteiger partial charge < -0.3 is 9.84 Å². The van der Waals surface area contributed by atoms with Gasteiger partial charge in [-0.25, -0.2) is 0 Å². The Morgan fingerprint density at radius 3 is 2.53 bits per heavy atom. The van der Waals surface area contributed by atoms with E-state index < -0.39 is 0 Å². The monoisotopic (exact) mass is 340 g/mol. The molecule has 0 radical (unpaired) electrons. The fraction of sp³-hybridized carbons (Fsp3) is 0.200. The summed E-state index contributed by atoms with van der Waals surface area (Å²) in [5.41, 5.74) is 2.81. The maximum absolute atomic E-state index is 9.38. The van der Waals surface area contributed by atoms with Gasteiger partial charge in [0.1, 0.15) is 12.4 Å². The second kappa shape index (κ2) is 6.42. The Kier molecular flexibility index (Phi) is 4.86. The van der Waals surface area contributed by atoms with E-state index in [0.717, 1.165) is 26.9 Å². The van der Waals surface area contributed by atoms with Crippen LogP contribution in [0.5, 0.6) is 5.75 Å². The molecule has 0 aliphatic rings. The lowest BCUT2D eigenvalue weighted by molar-refractivity contribution is 0.258. The van der Waals surface area contributed by atoms with Crippen LogP contribution >= 0.6 is 27.5 Å². The molecule has 0 saturated heterocycles. The van der Waals surface area contributed by atoms with Crippen molar-refractivity contribution in [1.82, 2.24) is 0 Å². The molecule has 1 N–H and O–H groups in total. The van der Waals surface area contributed by atoms with E-state index in [-0.39, 0.29) is 6.61 Å². The van der Waals surface area contributed by atoms with Gasteiger partial charge in [0, 0.05) is 15.1 Å². The minimum absolute atomic E-state index is 0.0454. The van der Waals surface area contributed by atoms with Gasteiger partial charge in [-0.15, -0.1) is 0 Å². The van der Waals surface area contributed by atoms with Crippen LogP contribution in [0, 0.1) is 6.92 Å². The van der Waals surface area contributed by atoms with Gasteiger partial charge in [0.15, 0.2) is 0 Å². The van der Waals surface area contributed by atoms with E-state index in [1.165, 1.54) is 0 Å². The quantitative estimate of drug-likeness (QED) is 0.888. The summed E-state index contributed by atoms with van der Waals surface area (Å²) in [6.07, 6.45) is 0. The van der Waals surface area contributed by atoms with E-state index in [4.69, 9.17) is 16.3 Å². The van der Waals surface area contributed by atoms with Crippen molar-refractivity contribution in [1.29, 1.82) is 0 Å². The van der Waals surface area contributed by atoms with Gasteiger partial charge in [0.2, 0.25) is 0 Å². The first-order valence-electron chi connectivity index (χ1n) is 5.87. The molecule has 4 heteroatoms. The average Bonchev–Trinajstić information content (AvgIpc) is 2.39. The molecule has 0 unspecified atom stereocenters. The molecule has 0 aliphatic carbocycles. The molecule has 0 heterocycles. The highest BCUT2D eigenvalue weighted by Crippen LogP contribution is 2.29. The van der Waals surface area contributed by atoms with Crippen molar-refractivity contribution in [2.24, 2.45) is 0 Å². The van der Waals surface area contributed by atoms with Crippen LogP contribution in [0.3, 0.4) is 0 Å². The maximum Gasteiger partial charge on any atom is 0.128 e. The summed E-state index contributed by atoms with van der Waals surface area (Å²) < 4.78 is 6.75. The summed E-state index contributed by atoms with van der Waals surface area (Å²) in [6, 6.07) is 11.4. The molecule has 2 aromatic carbocycles. The zero-order valence-electron chi connectivity index (χ0n) is 10.5. The van der Waals surface area contributed by atoms with Crippen LogP contribution < -0.4 is 4.74 Å². The van der Waals surface area contributed by atoms with Crippen LogP contribution in [0.2, 0.25) is 5.02 Å². The van der Waals surface area contributed by atoms with Crippen LogP contribution in [0.4, 0.5) is 0 Å². The molecule has 0 bridgehead atoms. The molecule has 0 saturated carbocycles. The summed E-state index contributed by atoms with van der Waals surface area (Å²) in [7, 11) is 0. The molecule has 100 valence electrons. The fourth-order valence-electron chi connectivity index (χ4n) is 1.86. The van der Waals surface area contributed by atoms with E-state index in [0.29, 0.717) is 11.6 Å². The third kappa shape index (κ3) is 3.72. The topological polar surface area (TPSA) is 29.5 Å². The highest BCUT2D eigenvalue weighted by atomic mass is 79.9. The second-order valence-electron chi connectivity index (χ2n) is 4.28. The molecule has 0 amide bonds. The first-order valence-corrected chi connectivity index (χ1v) is 7.04. The number of rotatable bonds is 4. The third-order valence-corrected chi connectivity index (χ3v) is 3.49. The molecule has 2 nitrogen and oxygen atoms in total. The second-order valence-corrected chi connectivity index (χ2v) is 5.64. The van der Waals surface area contributed by atoms with Gasteiger partial charge in [-0.3, -0.25) is 0 Å². The van der Waals surface area contributed by atoms with Crippen LogP contribution in [0.25, 0.3) is 0 Å². The predicted octanol–water partition coefficient (Wildman–Crippen LogP) is 4.48. The first kappa shape index (κ1) is 14.4. The van der Waals surface area contributed by atoms with E-state index in [1.54, 1.807) is 0 Å². The number of hydrogen-bond acceptors (Lipinski definition) is 2. The Bertz CT molecular complexity index is 567. The van der Waals surface area contributed by atoms with E-state index in [9.17, 15) is 5.11 Å². The molecule has 0 atom stereocenters. The van der Waals surface area contributed by atoms with Crippen molar-refractivity contribution >= 4 is 27.5 Å². The summed E-state index contributed by atoms with van der Waals surface area (Å²) >= 11 is 9.25. The zero-order valence-corrected chi connectivity index (χ0v) is 12.8. The Hall–Kier alpha value is -1.03. The number of halogens is 2. The van der Waals surface area contributed by atoms with Crippen LogP contribution in [-0.4, -0.2) is 5.11 Å². The lowest BCUT2D eigenvalue weighted by Gasteiger charge is -2.14. The Balaban J connectivity index is 2.17. The molecule has 0 aromatic heterocycles. The molecule has 2 aromatic rings. The molecule has 2 rings (SSSR count). The standard InChI is InChI=1S/C15H14BrClO2/c1-10-6-13(16)7-12(8-18)15(10)19-9-11-2-4-14(17)5-3-11/h2-7,18H,8-9H2,1H3. The van der Waals surface area contributed by atoms with Crippen molar-refractivity contribution in [2.45, 2.75) is 20.1 Å². The van der Waals surface area contributed by atoms with Gasteiger partial charge in [-0.2, -0.15) is 0 Å². The van der Waals surface area contributed by atoms with E-state index in [2.05, 4.69) is 15.9 Å². The molecule has 19 heavy (non-hydrogen) atoms. The van der Waals surface area contributed by atoms with Gasteiger partial charge in [0.25, 0.3) is 0 Å². The van der Waals surface area contributed by atoms with Crippen molar-refractivity contribution < 1.29 is 9.84 Å². The lowest BCUT2D eigenvalue weighted by atomic mass is 10.1. The minimum atomic E-state index is -0.0454. The molecular weight excluding hydrogens is 328 g/mol. The highest BCUT2D eigenvalue weighted by molar-refractivity contribution is 9.10. The average molecular weight is 342 g/mol. The van der Waals surface area contributed by atoms with Gasteiger partial charge in [-0.05, 0) is 42.3 Å². The van der Waals surface area contributed by atoms with E-state index in [1.807, 2.05) is 43.3 Å². The van der Waals surface area contributed by atoms with Crippen molar-refractivity contribution in [3.8, 4) is 5.75 Å². The fourth-order valence-corrected chi connectivity index (χ4v) is 2.61. The molecule has 0 aliphatic heterocycles. The summed E-state index contributed by atoms with van der Waals surface area (Å²) in [4.78, 5) is 0. The number of ether oxygens (including phenoxy) is 1. The number of aliphatic hydroxyl groups is 1. The molecular formula is C15H14BrClO2. The third-order valence-electron chi connectivity index (χ3n) is 2.78. The van der Waals surface area contributed by atoms with E-state index >= 15 is 0 Å². The van der Waals surface area contributed by atoms with Crippen LogP contribution in [0.15, 0.2) is 40.9 Å². The number of hydrogen-bond donors (Lipinski definition) is 1. The van der Waals surface area contributed by atoms with Crippen LogP contribution in [0.1, 0.15) is 16.7 Å². The van der Waals surface area contributed by atoms with Crippen molar-refractivity contribution in [3.63, 3.8) is 0 Å². The predicted molar refractivity (Wildman–Crippen MR) is 80.6 cm³/mol. The SMILES string of the molecule is Cc1cc(Br)cc(CO)c1OCc1ccc(Cl)cc1. The smallest absolute Gasteiger partial charge is 0.128 e. The first-order chi connectivity index (χ1) is 9.10. The molecule has 0 spiro atoms. The number of benzene rings is 2. The van der Waals surface area contributed by atoms with Gasteiger partial charge in [0.05, 0.1) is 6.61 Å². The Labute approximate surface area is 126 Å². The number of aryl methyl sites for hydroxylation is 1. The highest BCUT2D eigenvalue weighted by Gasteiger charge is 2.08. The van der Waals surface area contributed by atoms with Gasteiger partial charge >= 0.3 is 0 Å².